The highest BCUT2D eigenvalue weighted by Gasteiger charge is 2.41. The van der Waals surface area contributed by atoms with Crippen LogP contribution in [-0.2, 0) is 10.3 Å². The van der Waals surface area contributed by atoms with Crippen LogP contribution in [0, 0.1) is 10.1 Å². The van der Waals surface area contributed by atoms with Gasteiger partial charge in [0.15, 0.2) is 5.75 Å². The Morgan fingerprint density at radius 2 is 1.72 bits per heavy atom. The average Bonchev–Trinajstić information content (AvgIpc) is 3.27. The Kier molecular flexibility index (Phi) is 5.63. The maximum atomic E-state index is 12.7. The van der Waals surface area contributed by atoms with Gasteiger partial charge in [0.05, 0.1) is 11.1 Å². The molecular formula is C23H19N5O4. The molecule has 0 fully saturated rings. The number of carbonyl (C=O) groups is 1. The zero-order chi connectivity index (χ0) is 22.6. The van der Waals surface area contributed by atoms with E-state index in [2.05, 4.69) is 21.1 Å². The lowest BCUT2D eigenvalue weighted by molar-refractivity contribution is -0.385. The van der Waals surface area contributed by atoms with Gasteiger partial charge in [-0.2, -0.15) is 10.2 Å². The zero-order valence-electron chi connectivity index (χ0n) is 16.8. The van der Waals surface area contributed by atoms with E-state index in [9.17, 15) is 20.0 Å². The number of phenolic OH excluding ortho intramolecular Hbond substituents is 1. The summed E-state index contributed by atoms with van der Waals surface area (Å²) in [5.41, 5.74) is 7.09. The van der Waals surface area contributed by atoms with Crippen LogP contribution in [0.1, 0.15) is 23.1 Å². The minimum Gasteiger partial charge on any atom is -0.502 e. The first-order chi connectivity index (χ1) is 15.5. The summed E-state index contributed by atoms with van der Waals surface area (Å²) in [5, 5.41) is 28.6. The van der Waals surface area contributed by atoms with E-state index < -0.39 is 27.8 Å². The molecule has 1 aliphatic rings. The van der Waals surface area contributed by atoms with Gasteiger partial charge < -0.3 is 5.11 Å². The van der Waals surface area contributed by atoms with E-state index in [1.807, 2.05) is 60.7 Å². The van der Waals surface area contributed by atoms with Gasteiger partial charge in [-0.15, -0.1) is 0 Å². The number of benzene rings is 3. The molecule has 1 amide bonds. The number of hydrogen-bond acceptors (Lipinski definition) is 7. The predicted octanol–water partition coefficient (Wildman–Crippen LogP) is 3.04. The lowest BCUT2D eigenvalue weighted by Gasteiger charge is -2.30. The van der Waals surface area contributed by atoms with Crippen molar-refractivity contribution in [2.75, 3.05) is 0 Å². The first-order valence-corrected chi connectivity index (χ1v) is 9.75. The van der Waals surface area contributed by atoms with E-state index in [1.54, 1.807) is 0 Å². The number of rotatable bonds is 6. The summed E-state index contributed by atoms with van der Waals surface area (Å²) in [4.78, 5) is 22.8. The van der Waals surface area contributed by atoms with Crippen LogP contribution in [0.4, 0.5) is 5.69 Å². The van der Waals surface area contributed by atoms with Crippen LogP contribution >= 0.6 is 0 Å². The van der Waals surface area contributed by atoms with Crippen LogP contribution in [0.25, 0.3) is 0 Å². The second kappa shape index (κ2) is 8.68. The van der Waals surface area contributed by atoms with Crippen molar-refractivity contribution < 1.29 is 14.8 Å². The molecule has 0 aromatic heterocycles. The van der Waals surface area contributed by atoms with Gasteiger partial charge >= 0.3 is 5.69 Å². The Morgan fingerprint density at radius 1 is 1.09 bits per heavy atom. The number of hydrogen-bond donors (Lipinski definition) is 3. The smallest absolute Gasteiger partial charge is 0.310 e. The molecule has 3 N–H and O–H groups in total. The van der Waals surface area contributed by atoms with Gasteiger partial charge in [0, 0.05) is 12.5 Å². The zero-order valence-corrected chi connectivity index (χ0v) is 16.8. The second-order valence-corrected chi connectivity index (χ2v) is 7.19. The second-order valence-electron chi connectivity index (χ2n) is 7.19. The highest BCUT2D eigenvalue weighted by atomic mass is 16.6. The maximum Gasteiger partial charge on any atom is 0.310 e. The number of nitrogens with one attached hydrogen (secondary N) is 2. The fourth-order valence-electron chi connectivity index (χ4n) is 3.57. The molecule has 0 radical (unpaired) electrons. The number of hydrazone groups is 2. The summed E-state index contributed by atoms with van der Waals surface area (Å²) in [5.74, 6) is -0.959. The third-order valence-corrected chi connectivity index (χ3v) is 5.19. The Bertz CT molecular complexity index is 1170. The number of nitro groups is 1. The molecule has 1 aliphatic heterocycles. The summed E-state index contributed by atoms with van der Waals surface area (Å²) >= 11 is 0. The van der Waals surface area contributed by atoms with E-state index in [-0.39, 0.29) is 5.71 Å². The Labute approximate surface area is 183 Å². The molecule has 1 heterocycles. The molecule has 32 heavy (non-hydrogen) atoms. The number of carbonyl (C=O) groups excluding carboxylic acids is 1. The van der Waals surface area contributed by atoms with Crippen LogP contribution in [0.2, 0.25) is 0 Å². The van der Waals surface area contributed by atoms with Crippen molar-refractivity contribution in [2.24, 2.45) is 10.2 Å². The van der Waals surface area contributed by atoms with E-state index in [1.165, 1.54) is 18.3 Å². The molecule has 3 aromatic rings. The quantitative estimate of drug-likeness (QED) is 0.315. The van der Waals surface area contributed by atoms with Crippen LogP contribution in [-0.4, -0.2) is 27.9 Å². The molecule has 0 saturated heterocycles. The summed E-state index contributed by atoms with van der Waals surface area (Å²) in [7, 11) is 0. The van der Waals surface area contributed by atoms with Crippen LogP contribution in [0.5, 0.6) is 5.75 Å². The van der Waals surface area contributed by atoms with Gasteiger partial charge in [-0.05, 0) is 28.8 Å². The maximum absolute atomic E-state index is 12.7. The standard InChI is InChI=1S/C23H19N5O4/c29-21-13-16(11-12-20(21)28(31)32)15-24-26-22(30)19-14-23(27-25-19,17-7-3-1-4-8-17)18-9-5-2-6-10-18/h1-13,15,27,29H,14H2,(H,26,30)/b24-15-. The third-order valence-electron chi connectivity index (χ3n) is 5.19. The fourth-order valence-corrected chi connectivity index (χ4v) is 3.57. The number of nitro benzene ring substituents is 1. The van der Waals surface area contributed by atoms with Gasteiger partial charge in [-0.3, -0.25) is 20.3 Å². The Hall–Kier alpha value is -4.53. The molecule has 0 saturated carbocycles. The number of nitrogens with zero attached hydrogens (tertiary/aromatic N) is 3. The summed E-state index contributed by atoms with van der Waals surface area (Å²) in [6.45, 7) is 0. The molecule has 4 rings (SSSR count). The SMILES string of the molecule is O=C(N/N=C\c1ccc([N+](=O)[O-])c(O)c1)C1=NNC(c2ccccc2)(c2ccccc2)C1. The topological polar surface area (TPSA) is 129 Å². The van der Waals surface area contributed by atoms with E-state index >= 15 is 0 Å². The summed E-state index contributed by atoms with van der Waals surface area (Å²) in [6.07, 6.45) is 1.60. The van der Waals surface area contributed by atoms with Gasteiger partial charge in [-0.25, -0.2) is 5.43 Å². The fraction of sp³-hybridized carbons (Fsp3) is 0.0870. The molecule has 0 aliphatic carbocycles. The Balaban J connectivity index is 1.49. The van der Waals surface area contributed by atoms with Crippen molar-refractivity contribution >= 4 is 23.5 Å². The van der Waals surface area contributed by atoms with E-state index in [4.69, 9.17) is 0 Å². The van der Waals surface area contributed by atoms with Gasteiger partial charge in [0.2, 0.25) is 0 Å². The molecule has 160 valence electrons. The van der Waals surface area contributed by atoms with Crippen molar-refractivity contribution in [1.29, 1.82) is 0 Å². The first kappa shape index (κ1) is 20.7. The van der Waals surface area contributed by atoms with Crippen LogP contribution < -0.4 is 10.9 Å². The number of aromatic hydroxyl groups is 1. The molecular weight excluding hydrogens is 410 g/mol. The monoisotopic (exact) mass is 429 g/mol. The summed E-state index contributed by atoms with van der Waals surface area (Å²) < 4.78 is 0. The van der Waals surface area contributed by atoms with Crippen LogP contribution in [0.3, 0.4) is 0 Å². The molecule has 3 aromatic carbocycles. The van der Waals surface area contributed by atoms with Gasteiger partial charge in [-0.1, -0.05) is 60.7 Å². The lowest BCUT2D eigenvalue weighted by Crippen LogP contribution is -2.38. The van der Waals surface area contributed by atoms with E-state index in [0.29, 0.717) is 12.0 Å². The molecule has 0 atom stereocenters. The number of phenols is 1. The normalized spacial score (nSPS) is 14.6. The molecule has 9 nitrogen and oxygen atoms in total. The van der Waals surface area contributed by atoms with Crippen LogP contribution in [0.15, 0.2) is 89.1 Å². The minimum atomic E-state index is -0.686. The van der Waals surface area contributed by atoms with Crippen molar-refractivity contribution in [2.45, 2.75) is 12.0 Å². The molecule has 0 bridgehead atoms. The predicted molar refractivity (Wildman–Crippen MR) is 119 cm³/mol. The van der Waals surface area contributed by atoms with Crippen molar-refractivity contribution in [1.82, 2.24) is 10.9 Å². The lowest BCUT2D eigenvalue weighted by atomic mass is 9.80. The molecule has 9 heteroatoms. The van der Waals surface area contributed by atoms with Crippen molar-refractivity contribution in [3.63, 3.8) is 0 Å². The molecule has 0 unspecified atom stereocenters. The van der Waals surface area contributed by atoms with Gasteiger partial charge in [0.1, 0.15) is 11.3 Å². The van der Waals surface area contributed by atoms with E-state index in [0.717, 1.165) is 17.2 Å². The minimum absolute atomic E-state index is 0.279. The Morgan fingerprint density at radius 3 is 2.28 bits per heavy atom. The largest absolute Gasteiger partial charge is 0.502 e. The first-order valence-electron chi connectivity index (χ1n) is 9.75. The highest BCUT2D eigenvalue weighted by molar-refractivity contribution is 6.39. The molecule has 0 spiro atoms. The number of amides is 1. The van der Waals surface area contributed by atoms with Gasteiger partial charge in [0.25, 0.3) is 5.91 Å². The van der Waals surface area contributed by atoms with Crippen molar-refractivity contribution in [3.05, 3.63) is 106 Å². The van der Waals surface area contributed by atoms with Crippen molar-refractivity contribution in [3.8, 4) is 5.75 Å². The highest BCUT2D eigenvalue weighted by Crippen LogP contribution is 2.36. The third kappa shape index (κ3) is 4.04. The summed E-state index contributed by atoms with van der Waals surface area (Å²) in [6, 6.07) is 23.3. The average molecular weight is 429 g/mol.